The van der Waals surface area contributed by atoms with E-state index in [1.54, 1.807) is 0 Å². The summed E-state index contributed by atoms with van der Waals surface area (Å²) in [5.41, 5.74) is 2.72. The van der Waals surface area contributed by atoms with Crippen LogP contribution in [-0.2, 0) is 16.8 Å². The van der Waals surface area contributed by atoms with Gasteiger partial charge in [0.05, 0.1) is 0 Å². The van der Waals surface area contributed by atoms with E-state index in [1.165, 1.54) is 11.1 Å². The maximum atomic E-state index is 11.7. The molecule has 0 aliphatic carbocycles. The van der Waals surface area contributed by atoms with Crippen molar-refractivity contribution in [3.05, 3.63) is 35.4 Å². The average molecular weight is 310 g/mol. The molecule has 2 rings (SSSR count). The van der Waals surface area contributed by atoms with Crippen LogP contribution in [0.25, 0.3) is 0 Å². The fraction of sp³-hybridized carbons (Fsp3) is 0.533. The average Bonchev–Trinajstić information content (AvgIpc) is 2.57. The zero-order valence-electron chi connectivity index (χ0n) is 11.2. The highest BCUT2D eigenvalue weighted by molar-refractivity contribution is 9.09. The molecule has 1 amide bonds. The van der Waals surface area contributed by atoms with Gasteiger partial charge in [-0.15, -0.1) is 0 Å². The summed E-state index contributed by atoms with van der Waals surface area (Å²) in [7, 11) is 0. The summed E-state index contributed by atoms with van der Waals surface area (Å²) >= 11 is 3.51. The molecule has 1 heterocycles. The predicted octanol–water partition coefficient (Wildman–Crippen LogP) is 3.48. The molecule has 1 atom stereocenters. The molecule has 0 bridgehead atoms. The summed E-state index contributed by atoms with van der Waals surface area (Å²) in [5.74, 6) is 0.247. The Balaban J connectivity index is 2.05. The molecule has 0 spiro atoms. The summed E-state index contributed by atoms with van der Waals surface area (Å²) in [5, 5.41) is 0. The van der Waals surface area contributed by atoms with E-state index in [1.807, 2.05) is 4.90 Å². The molecule has 1 aliphatic heterocycles. The van der Waals surface area contributed by atoms with Crippen molar-refractivity contribution in [2.45, 2.75) is 44.0 Å². The van der Waals surface area contributed by atoms with Crippen LogP contribution < -0.4 is 0 Å². The lowest BCUT2D eigenvalue weighted by Crippen LogP contribution is -2.24. The lowest BCUT2D eigenvalue weighted by molar-refractivity contribution is -0.128. The van der Waals surface area contributed by atoms with Gasteiger partial charge in [-0.1, -0.05) is 61.0 Å². The molecular formula is C15H20BrNO. The monoisotopic (exact) mass is 309 g/mol. The zero-order valence-corrected chi connectivity index (χ0v) is 12.8. The topological polar surface area (TPSA) is 20.3 Å². The number of rotatable bonds is 2. The van der Waals surface area contributed by atoms with Gasteiger partial charge in [-0.25, -0.2) is 0 Å². The first-order valence-corrected chi connectivity index (χ1v) is 7.29. The van der Waals surface area contributed by atoms with Crippen molar-refractivity contribution in [1.29, 1.82) is 0 Å². The van der Waals surface area contributed by atoms with E-state index in [2.05, 4.69) is 61.0 Å². The molecule has 2 nitrogen and oxygen atoms in total. The van der Waals surface area contributed by atoms with E-state index in [-0.39, 0.29) is 11.3 Å². The van der Waals surface area contributed by atoms with Crippen LogP contribution in [0.1, 0.15) is 38.3 Å². The standard InChI is InChI=1S/C15H20BrNO/c1-15(2,3)12-6-4-11(5-7-12)9-17-10-13(16)8-14(17)18/h4-7,13H,8-10H2,1-3H3. The highest BCUT2D eigenvalue weighted by Gasteiger charge is 2.27. The second-order valence-corrected chi connectivity index (χ2v) is 7.32. The number of nitrogens with zero attached hydrogens (tertiary/aromatic N) is 1. The molecule has 1 saturated heterocycles. The Morgan fingerprint density at radius 2 is 1.89 bits per heavy atom. The largest absolute Gasteiger partial charge is 0.337 e. The summed E-state index contributed by atoms with van der Waals surface area (Å²) in [6.45, 7) is 8.18. The Morgan fingerprint density at radius 1 is 1.28 bits per heavy atom. The van der Waals surface area contributed by atoms with Crippen molar-refractivity contribution in [3.8, 4) is 0 Å². The Bertz CT molecular complexity index is 433. The van der Waals surface area contributed by atoms with Crippen molar-refractivity contribution in [3.63, 3.8) is 0 Å². The van der Waals surface area contributed by atoms with Crippen molar-refractivity contribution >= 4 is 21.8 Å². The van der Waals surface area contributed by atoms with E-state index in [9.17, 15) is 4.79 Å². The molecule has 18 heavy (non-hydrogen) atoms. The first kappa shape index (κ1) is 13.6. The summed E-state index contributed by atoms with van der Waals surface area (Å²) in [6, 6.07) is 8.60. The molecule has 0 radical (unpaired) electrons. The lowest BCUT2D eigenvalue weighted by Gasteiger charge is -2.20. The van der Waals surface area contributed by atoms with Gasteiger partial charge in [0, 0.05) is 24.3 Å². The van der Waals surface area contributed by atoms with E-state index in [0.717, 1.165) is 13.1 Å². The number of likely N-dealkylation sites (tertiary alicyclic amines) is 1. The van der Waals surface area contributed by atoms with Crippen LogP contribution in [0.15, 0.2) is 24.3 Å². The second-order valence-electron chi connectivity index (χ2n) is 6.02. The molecule has 0 aromatic heterocycles. The number of halogens is 1. The fourth-order valence-electron chi connectivity index (χ4n) is 2.21. The zero-order chi connectivity index (χ0) is 13.3. The normalized spacial score (nSPS) is 20.6. The van der Waals surface area contributed by atoms with Crippen molar-refractivity contribution in [1.82, 2.24) is 4.90 Å². The molecule has 1 aliphatic rings. The van der Waals surface area contributed by atoms with E-state index in [0.29, 0.717) is 11.2 Å². The molecule has 0 saturated carbocycles. The summed E-state index contributed by atoms with van der Waals surface area (Å²) in [6.07, 6.45) is 0.625. The minimum absolute atomic E-state index is 0.183. The van der Waals surface area contributed by atoms with Crippen LogP contribution in [0.4, 0.5) is 0 Å². The Labute approximate surface area is 117 Å². The number of amides is 1. The van der Waals surface area contributed by atoms with E-state index in [4.69, 9.17) is 0 Å². The van der Waals surface area contributed by atoms with Crippen molar-refractivity contribution < 1.29 is 4.79 Å². The third kappa shape index (κ3) is 3.14. The second kappa shape index (κ2) is 5.04. The van der Waals surface area contributed by atoms with Crippen LogP contribution in [0.5, 0.6) is 0 Å². The lowest BCUT2D eigenvalue weighted by atomic mass is 9.87. The molecular weight excluding hydrogens is 290 g/mol. The van der Waals surface area contributed by atoms with Crippen LogP contribution in [0, 0.1) is 0 Å². The maximum absolute atomic E-state index is 11.7. The van der Waals surface area contributed by atoms with Gasteiger partial charge in [-0.2, -0.15) is 0 Å². The Kier molecular flexibility index (Phi) is 3.81. The third-order valence-corrected chi connectivity index (χ3v) is 3.97. The van der Waals surface area contributed by atoms with Crippen LogP contribution >= 0.6 is 15.9 Å². The van der Waals surface area contributed by atoms with Gasteiger partial charge in [0.1, 0.15) is 0 Å². The fourth-order valence-corrected chi connectivity index (χ4v) is 2.83. The number of hydrogen-bond acceptors (Lipinski definition) is 1. The van der Waals surface area contributed by atoms with Gasteiger partial charge in [-0.3, -0.25) is 4.79 Å². The summed E-state index contributed by atoms with van der Waals surface area (Å²) < 4.78 is 0. The first-order chi connectivity index (χ1) is 8.36. The molecule has 1 aromatic rings. The highest BCUT2D eigenvalue weighted by Crippen LogP contribution is 2.24. The summed E-state index contributed by atoms with van der Waals surface area (Å²) in [4.78, 5) is 14.0. The van der Waals surface area contributed by atoms with E-state index < -0.39 is 0 Å². The number of carbonyl (C=O) groups excluding carboxylic acids is 1. The Hall–Kier alpha value is -0.830. The van der Waals surface area contributed by atoms with Crippen LogP contribution in [-0.4, -0.2) is 22.2 Å². The number of alkyl halides is 1. The number of benzene rings is 1. The molecule has 1 unspecified atom stereocenters. The minimum Gasteiger partial charge on any atom is -0.337 e. The van der Waals surface area contributed by atoms with E-state index >= 15 is 0 Å². The van der Waals surface area contributed by atoms with Gasteiger partial charge in [-0.05, 0) is 16.5 Å². The maximum Gasteiger partial charge on any atom is 0.224 e. The SMILES string of the molecule is CC(C)(C)c1ccc(CN2CC(Br)CC2=O)cc1. The quantitative estimate of drug-likeness (QED) is 0.766. The smallest absolute Gasteiger partial charge is 0.224 e. The first-order valence-electron chi connectivity index (χ1n) is 6.37. The van der Waals surface area contributed by atoms with Gasteiger partial charge in [0.2, 0.25) is 5.91 Å². The van der Waals surface area contributed by atoms with Gasteiger partial charge >= 0.3 is 0 Å². The van der Waals surface area contributed by atoms with Crippen molar-refractivity contribution in [2.75, 3.05) is 6.54 Å². The predicted molar refractivity (Wildman–Crippen MR) is 77.9 cm³/mol. The van der Waals surface area contributed by atoms with Crippen LogP contribution in [0.2, 0.25) is 0 Å². The number of hydrogen-bond donors (Lipinski definition) is 0. The molecule has 1 aromatic carbocycles. The Morgan fingerprint density at radius 3 is 2.33 bits per heavy atom. The minimum atomic E-state index is 0.183. The van der Waals surface area contributed by atoms with Gasteiger partial charge in [0.15, 0.2) is 0 Å². The number of carbonyl (C=O) groups is 1. The van der Waals surface area contributed by atoms with Crippen LogP contribution in [0.3, 0.4) is 0 Å². The van der Waals surface area contributed by atoms with Crippen molar-refractivity contribution in [2.24, 2.45) is 0 Å². The highest BCUT2D eigenvalue weighted by atomic mass is 79.9. The molecule has 98 valence electrons. The third-order valence-electron chi connectivity index (χ3n) is 3.36. The molecule has 1 fully saturated rings. The van der Waals surface area contributed by atoms with Gasteiger partial charge < -0.3 is 4.90 Å². The van der Waals surface area contributed by atoms with Gasteiger partial charge in [0.25, 0.3) is 0 Å². The molecule has 0 N–H and O–H groups in total. The molecule has 3 heteroatoms.